The van der Waals surface area contributed by atoms with E-state index >= 15 is 0 Å². The molecule has 84 valence electrons. The molecule has 0 fully saturated rings. The van der Waals surface area contributed by atoms with Gasteiger partial charge in [-0.15, -0.1) is 0 Å². The highest BCUT2D eigenvalue weighted by atomic mass is 32.1. The smallest absolute Gasteiger partial charge is 0.348 e. The number of nitrogens with zero attached hydrogens (tertiary/aromatic N) is 3. The first-order valence-electron chi connectivity index (χ1n) is 5.26. The Hall–Kier alpha value is -0.900. The summed E-state index contributed by atoms with van der Waals surface area (Å²) in [6, 6.07) is 0. The molecular formula is C11H20N3S+. The van der Waals surface area contributed by atoms with Crippen LogP contribution in [0.25, 0.3) is 0 Å². The van der Waals surface area contributed by atoms with Gasteiger partial charge in [-0.2, -0.15) is 0 Å². The Kier molecular flexibility index (Phi) is 4.27. The molecule has 0 radical (unpaired) electrons. The lowest BCUT2D eigenvalue weighted by atomic mass is 10.4. The summed E-state index contributed by atoms with van der Waals surface area (Å²) in [6.45, 7) is 7.56. The Balaban J connectivity index is 3.00. The minimum absolute atomic E-state index is 1.05. The largest absolute Gasteiger partial charge is 0.384 e. The van der Waals surface area contributed by atoms with Crippen molar-refractivity contribution in [2.75, 3.05) is 14.1 Å². The molecule has 1 rings (SSSR count). The molecule has 1 heterocycles. The summed E-state index contributed by atoms with van der Waals surface area (Å²) in [7, 11) is 3.97. The van der Waals surface area contributed by atoms with Gasteiger partial charge in [0.25, 0.3) is 0 Å². The predicted octanol–water partition coefficient (Wildman–Crippen LogP) is 2.28. The van der Waals surface area contributed by atoms with E-state index in [2.05, 4.69) is 30.3 Å². The van der Waals surface area contributed by atoms with Crippen molar-refractivity contribution >= 4 is 22.8 Å². The van der Waals surface area contributed by atoms with Crippen LogP contribution in [0, 0.1) is 13.8 Å². The molecule has 0 amide bonds. The van der Waals surface area contributed by atoms with Gasteiger partial charge in [-0.1, -0.05) is 6.92 Å². The topological polar surface area (TPSA) is 19.5 Å². The number of hydrogen-bond acceptors (Lipinski definition) is 2. The summed E-state index contributed by atoms with van der Waals surface area (Å²) in [5.74, 6) is 0. The first kappa shape index (κ1) is 12.2. The zero-order valence-electron chi connectivity index (χ0n) is 10.2. The molecule has 15 heavy (non-hydrogen) atoms. The summed E-state index contributed by atoms with van der Waals surface area (Å²) >= 11 is 1.76. The van der Waals surface area contributed by atoms with E-state index in [0.29, 0.717) is 0 Å². The molecule has 0 bridgehead atoms. The molecule has 0 unspecified atom stereocenters. The summed E-state index contributed by atoms with van der Waals surface area (Å²) in [5, 5.41) is 1.10. The van der Waals surface area contributed by atoms with Crippen molar-refractivity contribution in [1.29, 1.82) is 0 Å². The number of aryl methyl sites for hydroxylation is 1. The van der Waals surface area contributed by atoms with Crippen LogP contribution in [0.15, 0.2) is 4.99 Å². The van der Waals surface area contributed by atoms with E-state index in [0.717, 1.165) is 18.1 Å². The van der Waals surface area contributed by atoms with Crippen LogP contribution in [0.4, 0.5) is 5.13 Å². The second-order valence-corrected chi connectivity index (χ2v) is 5.07. The molecule has 0 saturated carbocycles. The molecule has 0 saturated heterocycles. The van der Waals surface area contributed by atoms with E-state index in [-0.39, 0.29) is 0 Å². The highest BCUT2D eigenvalue weighted by molar-refractivity contribution is 7.14. The molecule has 0 atom stereocenters. The van der Waals surface area contributed by atoms with Gasteiger partial charge in [0.1, 0.15) is 5.69 Å². The third-order valence-electron chi connectivity index (χ3n) is 2.24. The monoisotopic (exact) mass is 226 g/mol. The highest BCUT2D eigenvalue weighted by Gasteiger charge is 2.17. The number of rotatable bonds is 4. The molecule has 0 N–H and O–H groups in total. The van der Waals surface area contributed by atoms with Gasteiger partial charge in [0.2, 0.25) is 6.34 Å². The van der Waals surface area contributed by atoms with Crippen LogP contribution in [0.5, 0.6) is 0 Å². The van der Waals surface area contributed by atoms with Crippen LogP contribution < -0.4 is 4.57 Å². The summed E-state index contributed by atoms with van der Waals surface area (Å²) in [4.78, 5) is 7.80. The average molecular weight is 226 g/mol. The number of aliphatic imine (C=N–C) groups is 1. The van der Waals surface area contributed by atoms with E-state index < -0.39 is 0 Å². The standard InChI is InChI=1S/C11H20N3S/c1-6-7-14-9(2)10(3)15-11(14)12-8-13(4)5/h8H,6-7H2,1-5H3/q+1. The molecule has 0 aromatic carbocycles. The Bertz CT molecular complexity index is 353. The second kappa shape index (κ2) is 5.26. The molecule has 1 aromatic heterocycles. The Morgan fingerprint density at radius 1 is 1.40 bits per heavy atom. The lowest BCUT2D eigenvalue weighted by Crippen LogP contribution is -2.34. The maximum Gasteiger partial charge on any atom is 0.384 e. The van der Waals surface area contributed by atoms with Crippen molar-refractivity contribution in [3.05, 3.63) is 10.6 Å². The van der Waals surface area contributed by atoms with Gasteiger partial charge < -0.3 is 4.90 Å². The minimum atomic E-state index is 1.05. The number of hydrogen-bond donors (Lipinski definition) is 0. The number of aromatic nitrogens is 1. The number of thiazole rings is 1. The molecule has 0 spiro atoms. The lowest BCUT2D eigenvalue weighted by Gasteiger charge is -1.98. The quantitative estimate of drug-likeness (QED) is 0.438. The van der Waals surface area contributed by atoms with Crippen molar-refractivity contribution < 1.29 is 4.57 Å². The lowest BCUT2D eigenvalue weighted by molar-refractivity contribution is -0.686. The van der Waals surface area contributed by atoms with Crippen LogP contribution in [0.2, 0.25) is 0 Å². The highest BCUT2D eigenvalue weighted by Crippen LogP contribution is 2.22. The van der Waals surface area contributed by atoms with Crippen molar-refractivity contribution in [2.45, 2.75) is 33.7 Å². The summed E-state index contributed by atoms with van der Waals surface area (Å²) in [6.07, 6.45) is 3.00. The van der Waals surface area contributed by atoms with Crippen molar-refractivity contribution in [3.63, 3.8) is 0 Å². The normalized spacial score (nSPS) is 11.3. The molecule has 0 aliphatic rings. The van der Waals surface area contributed by atoms with Crippen molar-refractivity contribution in [2.24, 2.45) is 4.99 Å². The van der Waals surface area contributed by atoms with Crippen molar-refractivity contribution in [3.8, 4) is 0 Å². The summed E-state index contributed by atoms with van der Waals surface area (Å²) in [5.41, 5.74) is 1.34. The van der Waals surface area contributed by atoms with E-state index in [9.17, 15) is 0 Å². The maximum atomic E-state index is 4.49. The summed E-state index contributed by atoms with van der Waals surface area (Å²) < 4.78 is 2.29. The molecule has 3 nitrogen and oxygen atoms in total. The van der Waals surface area contributed by atoms with Crippen LogP contribution in [-0.2, 0) is 6.54 Å². The third kappa shape index (κ3) is 3.02. The molecule has 0 aliphatic heterocycles. The fourth-order valence-electron chi connectivity index (χ4n) is 1.35. The average Bonchev–Trinajstić information content (AvgIpc) is 2.43. The Morgan fingerprint density at radius 2 is 2.07 bits per heavy atom. The van der Waals surface area contributed by atoms with Crippen LogP contribution >= 0.6 is 11.3 Å². The maximum absolute atomic E-state index is 4.49. The minimum Gasteiger partial charge on any atom is -0.348 e. The molecule has 1 aromatic rings. The zero-order valence-corrected chi connectivity index (χ0v) is 11.1. The van der Waals surface area contributed by atoms with E-state index in [1.54, 1.807) is 11.3 Å². The fraction of sp³-hybridized carbons (Fsp3) is 0.636. The fourth-order valence-corrected chi connectivity index (χ4v) is 2.32. The third-order valence-corrected chi connectivity index (χ3v) is 3.35. The van der Waals surface area contributed by atoms with Crippen LogP contribution in [0.3, 0.4) is 0 Å². The first-order chi connectivity index (χ1) is 7.06. The van der Waals surface area contributed by atoms with Gasteiger partial charge in [0.05, 0.1) is 11.4 Å². The Labute approximate surface area is 96.1 Å². The van der Waals surface area contributed by atoms with Gasteiger partial charge in [0, 0.05) is 14.1 Å². The van der Waals surface area contributed by atoms with E-state index in [1.807, 2.05) is 25.3 Å². The van der Waals surface area contributed by atoms with Gasteiger partial charge in [-0.25, -0.2) is 4.57 Å². The molecule has 0 aliphatic carbocycles. The zero-order chi connectivity index (χ0) is 11.4. The van der Waals surface area contributed by atoms with E-state index in [4.69, 9.17) is 0 Å². The van der Waals surface area contributed by atoms with Gasteiger partial charge in [-0.3, -0.25) is 0 Å². The predicted molar refractivity (Wildman–Crippen MR) is 66.1 cm³/mol. The molecular weight excluding hydrogens is 206 g/mol. The van der Waals surface area contributed by atoms with Gasteiger partial charge in [-0.05, 0) is 36.6 Å². The van der Waals surface area contributed by atoms with Crippen LogP contribution in [0.1, 0.15) is 23.9 Å². The van der Waals surface area contributed by atoms with E-state index in [1.165, 1.54) is 10.6 Å². The first-order valence-corrected chi connectivity index (χ1v) is 6.08. The van der Waals surface area contributed by atoms with Gasteiger partial charge >= 0.3 is 5.13 Å². The van der Waals surface area contributed by atoms with Crippen LogP contribution in [-0.4, -0.2) is 25.3 Å². The molecule has 4 heteroatoms. The Morgan fingerprint density at radius 3 is 2.60 bits per heavy atom. The van der Waals surface area contributed by atoms with Crippen molar-refractivity contribution in [1.82, 2.24) is 4.90 Å². The second-order valence-electron chi connectivity index (χ2n) is 3.89. The SMILES string of the molecule is CCC[n+]1c(/N=C/N(C)C)sc(C)c1C. The van der Waals surface area contributed by atoms with Gasteiger partial charge in [0.15, 0.2) is 0 Å².